The molecule has 2 aliphatic heterocycles. The average molecular weight is 618 g/mol. The summed E-state index contributed by atoms with van der Waals surface area (Å²) >= 11 is 0. The molecule has 0 spiro atoms. The Morgan fingerprint density at radius 1 is 1.05 bits per heavy atom. The number of hydrogen-bond acceptors (Lipinski definition) is 13. The van der Waals surface area contributed by atoms with Gasteiger partial charge in [0.15, 0.2) is 11.5 Å². The van der Waals surface area contributed by atoms with Crippen LogP contribution < -0.4 is 51.2 Å². The Labute approximate surface area is 267 Å². The number of carboxylic acid groups (broad SMARTS) is 1. The van der Waals surface area contributed by atoms with Gasteiger partial charge in [-0.15, -0.1) is 0 Å². The number of benzene rings is 1. The van der Waals surface area contributed by atoms with Gasteiger partial charge in [0.2, 0.25) is 5.91 Å². The van der Waals surface area contributed by atoms with Gasteiger partial charge in [0, 0.05) is 24.3 Å². The standard InChI is InChI=1S/C17H20N4O6.C9H17NO5.Na/c1-7-3-9-10(4-8(7)2)21(5-11(23)14(25)12(24)6-22)15-13(18-9)16(26)20-17(27)19-15;1-9(2,5-11)7(14)8(15)10-4-3-6(12)13;/h3-4,11-12,14,22-25H,5-6H2,1-2H3,(H,20,26,27);7,11,14H,3-5H2,1-2H3,(H,10,15)(H,12,13);/q;;+1/p-1/t11-,12+,14-;7-;/m00./s1. The van der Waals surface area contributed by atoms with Crippen LogP contribution in [0.1, 0.15) is 31.4 Å². The zero-order chi connectivity index (χ0) is 31.9. The topological polar surface area (TPSA) is 271 Å². The molecule has 1 aromatic rings. The number of aliphatic carboxylic acids is 1. The molecule has 16 nitrogen and oxygen atoms in total. The Bertz CT molecular complexity index is 1490. The molecule has 0 saturated heterocycles. The number of aryl methyl sites for hydroxylation is 2. The van der Waals surface area contributed by atoms with Crippen LogP contribution in [0.15, 0.2) is 21.7 Å². The first kappa shape index (κ1) is 38.2. The molecule has 17 heteroatoms. The quantitative estimate of drug-likeness (QED) is 0.0735. The number of amides is 1. The van der Waals surface area contributed by atoms with E-state index in [-0.39, 0.29) is 67.2 Å². The number of carboxylic acids is 1. The van der Waals surface area contributed by atoms with Crippen LogP contribution in [0.4, 0.5) is 0 Å². The molecule has 2 aliphatic rings. The predicted molar refractivity (Wildman–Crippen MR) is 145 cm³/mol. The van der Waals surface area contributed by atoms with Gasteiger partial charge in [-0.05, 0) is 37.1 Å². The molecule has 232 valence electrons. The Balaban J connectivity index is 0.000000497. The number of aliphatic hydroxyl groups is 6. The number of nitrogens with one attached hydrogen (secondary N) is 2. The van der Waals surface area contributed by atoms with E-state index in [0.29, 0.717) is 11.0 Å². The van der Waals surface area contributed by atoms with Gasteiger partial charge in [0.1, 0.15) is 24.4 Å². The SMILES string of the molecule is CC(C)(CO)[C@@H](O)C(=O)NCCC(=O)[O-].Cc1cc2nc3c(=O)[nH]c(=O)nc-3n(C[C@H](O)[C@H](O)[C@H](O)CO)c2cc1C.[Na+]. The molecule has 0 aromatic heterocycles. The van der Waals surface area contributed by atoms with Crippen LogP contribution in [-0.2, 0) is 16.1 Å². The molecule has 0 saturated carbocycles. The molecule has 1 amide bonds. The minimum absolute atomic E-state index is 0. The third-order valence-electron chi connectivity index (χ3n) is 6.59. The summed E-state index contributed by atoms with van der Waals surface area (Å²) in [5, 5.41) is 69.4. The molecule has 0 aliphatic carbocycles. The maximum Gasteiger partial charge on any atom is 1.00 e. The fourth-order valence-corrected chi connectivity index (χ4v) is 3.72. The first-order chi connectivity index (χ1) is 19.5. The largest absolute Gasteiger partial charge is 1.00 e. The van der Waals surface area contributed by atoms with E-state index in [4.69, 9.17) is 10.2 Å². The second-order valence-electron chi connectivity index (χ2n) is 10.5. The number of carbonyl (C=O) groups is 2. The predicted octanol–water partition coefficient (Wildman–Crippen LogP) is -7.10. The van der Waals surface area contributed by atoms with Gasteiger partial charge in [-0.3, -0.25) is 14.6 Å². The summed E-state index contributed by atoms with van der Waals surface area (Å²) in [7, 11) is 0. The number of aliphatic hydroxyl groups excluding tert-OH is 6. The molecule has 3 rings (SSSR count). The van der Waals surface area contributed by atoms with E-state index < -0.39 is 59.6 Å². The number of hydrogen-bond donors (Lipinski definition) is 8. The monoisotopic (exact) mass is 617 g/mol. The number of carbonyl (C=O) groups excluding carboxylic acids is 2. The summed E-state index contributed by atoms with van der Waals surface area (Å²) in [4.78, 5) is 55.3. The maximum atomic E-state index is 12.2. The normalized spacial score (nSPS) is 14.2. The number of H-pyrrole nitrogens is 1. The van der Waals surface area contributed by atoms with Gasteiger partial charge in [0.25, 0.3) is 5.56 Å². The van der Waals surface area contributed by atoms with Crippen molar-refractivity contribution >= 4 is 22.9 Å². The Morgan fingerprint density at radius 2 is 1.65 bits per heavy atom. The van der Waals surface area contributed by atoms with Crippen LogP contribution in [0.2, 0.25) is 0 Å². The fourth-order valence-electron chi connectivity index (χ4n) is 3.72. The van der Waals surface area contributed by atoms with Gasteiger partial charge in [-0.25, -0.2) is 9.78 Å². The van der Waals surface area contributed by atoms with E-state index in [2.05, 4.69) is 20.3 Å². The van der Waals surface area contributed by atoms with Crippen molar-refractivity contribution in [1.82, 2.24) is 24.8 Å². The maximum absolute atomic E-state index is 12.2. The zero-order valence-electron chi connectivity index (χ0n) is 24.6. The third-order valence-corrected chi connectivity index (χ3v) is 6.59. The molecule has 0 radical (unpaired) electrons. The molecule has 0 bridgehead atoms. The van der Waals surface area contributed by atoms with Crippen molar-refractivity contribution in [2.75, 3.05) is 19.8 Å². The Morgan fingerprint density at radius 3 is 2.21 bits per heavy atom. The van der Waals surface area contributed by atoms with Gasteiger partial charge in [-0.2, -0.15) is 4.98 Å². The molecule has 4 atom stereocenters. The molecule has 8 N–H and O–H groups in total. The summed E-state index contributed by atoms with van der Waals surface area (Å²) in [5.74, 6) is -2.02. The van der Waals surface area contributed by atoms with Crippen molar-refractivity contribution in [3.8, 4) is 11.5 Å². The van der Waals surface area contributed by atoms with Crippen LogP contribution in [0.5, 0.6) is 0 Å². The zero-order valence-corrected chi connectivity index (χ0v) is 26.6. The summed E-state index contributed by atoms with van der Waals surface area (Å²) in [6, 6.07) is 3.53. The third kappa shape index (κ3) is 9.85. The molecule has 43 heavy (non-hydrogen) atoms. The summed E-state index contributed by atoms with van der Waals surface area (Å²) in [5.41, 5.74) is 0.160. The van der Waals surface area contributed by atoms with Crippen LogP contribution >= 0.6 is 0 Å². The van der Waals surface area contributed by atoms with Crippen LogP contribution in [0.3, 0.4) is 0 Å². The van der Waals surface area contributed by atoms with Gasteiger partial charge in [-0.1, -0.05) is 13.8 Å². The number of nitrogens with zero attached hydrogens (tertiary/aromatic N) is 3. The second-order valence-corrected chi connectivity index (χ2v) is 10.5. The molecule has 1 aromatic carbocycles. The van der Waals surface area contributed by atoms with Crippen molar-refractivity contribution in [2.24, 2.45) is 5.41 Å². The smallest absolute Gasteiger partial charge is 0.550 e. The molecular formula is C26H36N5NaO11. The summed E-state index contributed by atoms with van der Waals surface area (Å²) in [6.07, 6.45) is -6.36. The minimum Gasteiger partial charge on any atom is -0.550 e. The average Bonchev–Trinajstić information content (AvgIpc) is 2.93. The first-order valence-corrected chi connectivity index (χ1v) is 12.9. The number of aromatic amines is 1. The van der Waals surface area contributed by atoms with E-state index >= 15 is 0 Å². The summed E-state index contributed by atoms with van der Waals surface area (Å²) < 4.78 is 1.40. The van der Waals surface area contributed by atoms with Gasteiger partial charge in [0.05, 0.1) is 30.8 Å². The minimum atomic E-state index is -1.64. The van der Waals surface area contributed by atoms with E-state index in [1.54, 1.807) is 12.1 Å². The van der Waals surface area contributed by atoms with Crippen molar-refractivity contribution in [1.29, 1.82) is 0 Å². The molecule has 2 heterocycles. The van der Waals surface area contributed by atoms with E-state index in [1.807, 2.05) is 13.8 Å². The summed E-state index contributed by atoms with van der Waals surface area (Å²) in [6.45, 7) is 5.33. The van der Waals surface area contributed by atoms with Gasteiger partial charge < -0.3 is 50.4 Å². The van der Waals surface area contributed by atoms with E-state index in [9.17, 15) is 44.7 Å². The van der Waals surface area contributed by atoms with Crippen LogP contribution in [0, 0.1) is 19.3 Å². The van der Waals surface area contributed by atoms with Crippen LogP contribution in [-0.4, -0.2) is 106 Å². The molecule has 0 unspecified atom stereocenters. The van der Waals surface area contributed by atoms with Crippen molar-refractivity contribution < 1.29 is 74.9 Å². The van der Waals surface area contributed by atoms with Crippen molar-refractivity contribution in [3.63, 3.8) is 0 Å². The fraction of sp³-hybridized carbons (Fsp3) is 0.538. The molecule has 0 fully saturated rings. The molecular weight excluding hydrogens is 581 g/mol. The van der Waals surface area contributed by atoms with E-state index in [0.717, 1.165) is 11.1 Å². The van der Waals surface area contributed by atoms with Crippen molar-refractivity contribution in [3.05, 3.63) is 44.1 Å². The van der Waals surface area contributed by atoms with E-state index in [1.165, 1.54) is 18.4 Å². The number of aromatic nitrogens is 4. The number of rotatable bonds is 11. The van der Waals surface area contributed by atoms with Gasteiger partial charge >= 0.3 is 35.2 Å². The Hall–Kier alpha value is -2.80. The Kier molecular flexibility index (Phi) is 14.5. The number of fused-ring (bicyclic) bond motifs is 2. The van der Waals surface area contributed by atoms with Crippen molar-refractivity contribution in [2.45, 2.75) is 65.1 Å². The first-order valence-electron chi connectivity index (χ1n) is 12.9. The van der Waals surface area contributed by atoms with Crippen LogP contribution in [0.25, 0.3) is 22.6 Å². The second kappa shape index (κ2) is 16.3.